The predicted molar refractivity (Wildman–Crippen MR) is 63.8 cm³/mol. The smallest absolute Gasteiger partial charge is 0.220 e. The molecule has 1 fully saturated rings. The fourth-order valence-corrected chi connectivity index (χ4v) is 2.28. The minimum Gasteiger partial charge on any atom is -0.349 e. The van der Waals surface area contributed by atoms with E-state index in [2.05, 4.69) is 30.4 Å². The first-order valence-corrected chi connectivity index (χ1v) is 5.75. The van der Waals surface area contributed by atoms with E-state index in [1.807, 2.05) is 6.07 Å². The maximum absolute atomic E-state index is 11.5. The van der Waals surface area contributed by atoms with Crippen molar-refractivity contribution in [3.8, 4) is 0 Å². The van der Waals surface area contributed by atoms with Crippen LogP contribution in [0.25, 0.3) is 0 Å². The van der Waals surface area contributed by atoms with E-state index in [9.17, 15) is 4.79 Å². The Kier molecular flexibility index (Phi) is 3.25. The summed E-state index contributed by atoms with van der Waals surface area (Å²) in [6, 6.07) is 8.42. The van der Waals surface area contributed by atoms with Gasteiger partial charge in [0, 0.05) is 6.42 Å². The van der Waals surface area contributed by atoms with Crippen LogP contribution in [0.5, 0.6) is 0 Å². The zero-order valence-electron chi connectivity index (χ0n) is 9.57. The molecule has 2 unspecified atom stereocenters. The zero-order valence-corrected chi connectivity index (χ0v) is 9.57. The Balaban J connectivity index is 2.17. The molecule has 3 N–H and O–H groups in total. The van der Waals surface area contributed by atoms with Crippen LogP contribution in [0.4, 0.5) is 0 Å². The van der Waals surface area contributed by atoms with Crippen molar-refractivity contribution in [3.63, 3.8) is 0 Å². The molecule has 1 amide bonds. The third kappa shape index (κ3) is 2.42. The Morgan fingerprint density at radius 1 is 1.50 bits per heavy atom. The lowest BCUT2D eigenvalue weighted by atomic mass is 9.88. The van der Waals surface area contributed by atoms with Crippen LogP contribution < -0.4 is 11.1 Å². The lowest BCUT2D eigenvalue weighted by Gasteiger charge is -2.29. The lowest BCUT2D eigenvalue weighted by molar-refractivity contribution is -0.124. The first-order chi connectivity index (χ1) is 7.69. The Morgan fingerprint density at radius 3 is 3.00 bits per heavy atom. The van der Waals surface area contributed by atoms with E-state index < -0.39 is 0 Å². The summed E-state index contributed by atoms with van der Waals surface area (Å²) in [4.78, 5) is 11.5. The van der Waals surface area contributed by atoms with E-state index in [4.69, 9.17) is 5.73 Å². The maximum Gasteiger partial charge on any atom is 0.220 e. The van der Waals surface area contributed by atoms with Crippen molar-refractivity contribution >= 4 is 5.91 Å². The molecule has 0 spiro atoms. The average molecular weight is 218 g/mol. The van der Waals surface area contributed by atoms with E-state index in [0.717, 1.165) is 6.42 Å². The molecule has 0 radical (unpaired) electrons. The number of nitrogens with one attached hydrogen (secondary N) is 1. The van der Waals surface area contributed by atoms with Crippen LogP contribution in [-0.2, 0) is 4.79 Å². The highest BCUT2D eigenvalue weighted by atomic mass is 16.1. The highest BCUT2D eigenvalue weighted by molar-refractivity contribution is 5.77. The first kappa shape index (κ1) is 11.1. The molecule has 1 aromatic carbocycles. The molecule has 0 aliphatic carbocycles. The van der Waals surface area contributed by atoms with Gasteiger partial charge in [0.25, 0.3) is 0 Å². The molecule has 1 aliphatic heterocycles. The van der Waals surface area contributed by atoms with Gasteiger partial charge in [0.2, 0.25) is 5.91 Å². The number of benzene rings is 1. The van der Waals surface area contributed by atoms with Gasteiger partial charge in [-0.15, -0.1) is 0 Å². The monoisotopic (exact) mass is 218 g/mol. The van der Waals surface area contributed by atoms with Gasteiger partial charge in [-0.2, -0.15) is 0 Å². The predicted octanol–water partition coefficient (Wildman–Crippen LogP) is 1.52. The molecule has 1 aliphatic rings. The molecular formula is C13H18N2O. The molecule has 3 nitrogen and oxygen atoms in total. The second-order valence-electron chi connectivity index (χ2n) is 4.58. The van der Waals surface area contributed by atoms with E-state index in [0.29, 0.717) is 18.9 Å². The van der Waals surface area contributed by atoms with E-state index >= 15 is 0 Å². The van der Waals surface area contributed by atoms with Crippen molar-refractivity contribution in [2.24, 2.45) is 11.7 Å². The summed E-state index contributed by atoms with van der Waals surface area (Å²) < 4.78 is 0. The van der Waals surface area contributed by atoms with Gasteiger partial charge < -0.3 is 11.1 Å². The fourth-order valence-electron chi connectivity index (χ4n) is 2.28. The summed E-state index contributed by atoms with van der Waals surface area (Å²) >= 11 is 0. The average Bonchev–Trinajstić information content (AvgIpc) is 2.28. The maximum atomic E-state index is 11.5. The quantitative estimate of drug-likeness (QED) is 0.790. The van der Waals surface area contributed by atoms with Crippen molar-refractivity contribution in [1.29, 1.82) is 0 Å². The molecule has 1 aromatic rings. The summed E-state index contributed by atoms with van der Waals surface area (Å²) in [6.45, 7) is 2.66. The molecule has 1 heterocycles. The van der Waals surface area contributed by atoms with Crippen molar-refractivity contribution in [2.45, 2.75) is 25.8 Å². The zero-order chi connectivity index (χ0) is 11.5. The molecule has 3 heteroatoms. The molecule has 0 saturated carbocycles. The van der Waals surface area contributed by atoms with Gasteiger partial charge in [0.15, 0.2) is 0 Å². The number of carbonyl (C=O) groups excluding carboxylic acids is 1. The number of amides is 1. The largest absolute Gasteiger partial charge is 0.349 e. The Labute approximate surface area is 96.0 Å². The number of piperidine rings is 1. The summed E-state index contributed by atoms with van der Waals surface area (Å²) in [5.41, 5.74) is 8.07. The minimum absolute atomic E-state index is 0.119. The number of nitrogens with two attached hydrogens (primary N) is 1. The fraction of sp³-hybridized carbons (Fsp3) is 0.462. The second-order valence-corrected chi connectivity index (χ2v) is 4.58. The highest BCUT2D eigenvalue weighted by Crippen LogP contribution is 2.27. The van der Waals surface area contributed by atoms with Crippen molar-refractivity contribution in [1.82, 2.24) is 5.32 Å². The van der Waals surface area contributed by atoms with Crippen LogP contribution in [0.2, 0.25) is 0 Å². The summed E-state index contributed by atoms with van der Waals surface area (Å²) in [5.74, 6) is 0.437. The number of hydrogen-bond acceptors (Lipinski definition) is 2. The lowest BCUT2D eigenvalue weighted by Crippen LogP contribution is -2.39. The molecule has 2 atom stereocenters. The Hall–Kier alpha value is -1.35. The third-order valence-electron chi connectivity index (χ3n) is 3.16. The Bertz CT molecular complexity index is 389. The number of aryl methyl sites for hydroxylation is 1. The van der Waals surface area contributed by atoms with Gasteiger partial charge in [0.05, 0.1) is 6.04 Å². The SMILES string of the molecule is Cc1cccc(C2CC(CN)CC(=O)N2)c1. The van der Waals surface area contributed by atoms with Crippen LogP contribution in [0.15, 0.2) is 24.3 Å². The van der Waals surface area contributed by atoms with Gasteiger partial charge in [-0.1, -0.05) is 29.8 Å². The van der Waals surface area contributed by atoms with Crippen LogP contribution in [0.1, 0.15) is 30.0 Å². The molecule has 0 aromatic heterocycles. The number of carbonyl (C=O) groups is 1. The van der Waals surface area contributed by atoms with E-state index in [1.165, 1.54) is 11.1 Å². The van der Waals surface area contributed by atoms with Crippen molar-refractivity contribution in [3.05, 3.63) is 35.4 Å². The summed E-state index contributed by atoms with van der Waals surface area (Å²) in [7, 11) is 0. The van der Waals surface area contributed by atoms with Gasteiger partial charge in [0.1, 0.15) is 0 Å². The van der Waals surface area contributed by atoms with Crippen LogP contribution in [-0.4, -0.2) is 12.5 Å². The summed E-state index contributed by atoms with van der Waals surface area (Å²) in [5, 5.41) is 3.03. The van der Waals surface area contributed by atoms with Crippen molar-refractivity contribution < 1.29 is 4.79 Å². The molecule has 0 bridgehead atoms. The number of rotatable bonds is 2. The van der Waals surface area contributed by atoms with E-state index in [1.54, 1.807) is 0 Å². The third-order valence-corrected chi connectivity index (χ3v) is 3.16. The van der Waals surface area contributed by atoms with E-state index in [-0.39, 0.29) is 11.9 Å². The first-order valence-electron chi connectivity index (χ1n) is 5.75. The standard InChI is InChI=1S/C13H18N2O/c1-9-3-2-4-11(5-9)12-6-10(8-14)7-13(16)15-12/h2-5,10,12H,6-8,14H2,1H3,(H,15,16). The molecule has 2 rings (SSSR count). The normalized spacial score (nSPS) is 25.2. The minimum atomic E-state index is 0.119. The number of hydrogen-bond donors (Lipinski definition) is 2. The van der Waals surface area contributed by atoms with Gasteiger partial charge in [-0.05, 0) is 31.4 Å². The van der Waals surface area contributed by atoms with Crippen LogP contribution in [0, 0.1) is 12.8 Å². The van der Waals surface area contributed by atoms with Gasteiger partial charge in [-0.3, -0.25) is 4.79 Å². The Morgan fingerprint density at radius 2 is 2.31 bits per heavy atom. The van der Waals surface area contributed by atoms with Crippen LogP contribution in [0.3, 0.4) is 0 Å². The molecule has 1 saturated heterocycles. The molecule has 86 valence electrons. The van der Waals surface area contributed by atoms with Crippen molar-refractivity contribution in [2.75, 3.05) is 6.54 Å². The summed E-state index contributed by atoms with van der Waals surface area (Å²) in [6.07, 6.45) is 1.52. The van der Waals surface area contributed by atoms with Crippen LogP contribution >= 0.6 is 0 Å². The highest BCUT2D eigenvalue weighted by Gasteiger charge is 2.26. The molecular weight excluding hydrogens is 200 g/mol. The topological polar surface area (TPSA) is 55.1 Å². The second kappa shape index (κ2) is 4.66. The van der Waals surface area contributed by atoms with Gasteiger partial charge in [-0.25, -0.2) is 0 Å². The molecule has 16 heavy (non-hydrogen) atoms. The van der Waals surface area contributed by atoms with Gasteiger partial charge >= 0.3 is 0 Å².